The van der Waals surface area contributed by atoms with E-state index in [0.717, 1.165) is 63.9 Å². The van der Waals surface area contributed by atoms with Crippen LogP contribution in [0.5, 0.6) is 23.0 Å². The van der Waals surface area contributed by atoms with E-state index in [1.165, 1.54) is 0 Å². The Balaban J connectivity index is 1.47. The van der Waals surface area contributed by atoms with Crippen LogP contribution in [0.1, 0.15) is 36.3 Å². The Morgan fingerprint density at radius 2 is 1.68 bits per heavy atom. The van der Waals surface area contributed by atoms with E-state index in [0.29, 0.717) is 6.42 Å². The molecule has 0 spiro atoms. The molecule has 0 radical (unpaired) electrons. The summed E-state index contributed by atoms with van der Waals surface area (Å²) >= 11 is 0. The van der Waals surface area contributed by atoms with Gasteiger partial charge in [0.25, 0.3) is 0 Å². The second kappa shape index (κ2) is 7.20. The lowest BCUT2D eigenvalue weighted by Gasteiger charge is -2.34. The molecule has 0 saturated heterocycles. The third-order valence-electron chi connectivity index (χ3n) is 6.06. The van der Waals surface area contributed by atoms with Gasteiger partial charge in [-0.05, 0) is 54.3 Å². The third-order valence-corrected chi connectivity index (χ3v) is 6.06. The Bertz CT molecular complexity index is 1220. The summed E-state index contributed by atoms with van der Waals surface area (Å²) in [7, 11) is 0. The molecule has 0 fully saturated rings. The van der Waals surface area contributed by atoms with Crippen LogP contribution in [0.3, 0.4) is 0 Å². The number of rotatable bonds is 3. The molecule has 0 saturated carbocycles. The first-order valence-electron chi connectivity index (χ1n) is 10.6. The maximum absolute atomic E-state index is 13.0. The highest BCUT2D eigenvalue weighted by molar-refractivity contribution is 6.01. The van der Waals surface area contributed by atoms with Gasteiger partial charge in [-0.25, -0.2) is 0 Å². The van der Waals surface area contributed by atoms with Crippen molar-refractivity contribution in [1.82, 2.24) is 0 Å². The van der Waals surface area contributed by atoms with Crippen LogP contribution in [0, 0.1) is 0 Å². The average molecular weight is 411 g/mol. The number of carbonyl (C=O) groups is 1. The number of ketones is 1. The number of para-hydroxylation sites is 1. The molecule has 2 aliphatic heterocycles. The number of anilines is 1. The van der Waals surface area contributed by atoms with E-state index >= 15 is 0 Å². The molecule has 1 N–H and O–H groups in total. The van der Waals surface area contributed by atoms with Gasteiger partial charge in [-0.1, -0.05) is 30.3 Å². The van der Waals surface area contributed by atoms with Crippen molar-refractivity contribution in [3.63, 3.8) is 0 Å². The number of carbonyl (C=O) groups excluding carboxylic acids is 1. The minimum atomic E-state index is -0.173. The zero-order valence-electron chi connectivity index (χ0n) is 16.9. The lowest BCUT2D eigenvalue weighted by atomic mass is 9.75. The molecule has 5 heteroatoms. The van der Waals surface area contributed by atoms with Gasteiger partial charge in [0, 0.05) is 35.4 Å². The van der Waals surface area contributed by atoms with Crippen molar-refractivity contribution in [3.05, 3.63) is 89.1 Å². The molecule has 0 bridgehead atoms. The van der Waals surface area contributed by atoms with E-state index in [1.807, 2.05) is 60.7 Å². The second-order valence-corrected chi connectivity index (χ2v) is 8.01. The Morgan fingerprint density at radius 1 is 0.871 bits per heavy atom. The van der Waals surface area contributed by atoms with Gasteiger partial charge in [0.2, 0.25) is 6.79 Å². The number of ether oxygens (including phenoxy) is 3. The molecule has 6 rings (SSSR count). The topological polar surface area (TPSA) is 56.8 Å². The van der Waals surface area contributed by atoms with Gasteiger partial charge < -0.3 is 19.5 Å². The van der Waals surface area contributed by atoms with E-state index in [4.69, 9.17) is 14.2 Å². The van der Waals surface area contributed by atoms with Crippen molar-refractivity contribution < 1.29 is 19.0 Å². The van der Waals surface area contributed by atoms with Crippen LogP contribution in [-0.2, 0) is 4.79 Å². The SMILES string of the molecule is O=C1CCCC2=C1[C@@H](c1cccc(Oc3ccccc3)c1)c1cc3c(cc1N2)OCO3. The van der Waals surface area contributed by atoms with Gasteiger partial charge in [-0.15, -0.1) is 0 Å². The predicted octanol–water partition coefficient (Wildman–Crippen LogP) is 5.77. The van der Waals surface area contributed by atoms with Gasteiger partial charge in [0.05, 0.1) is 0 Å². The zero-order valence-corrected chi connectivity index (χ0v) is 16.9. The maximum atomic E-state index is 13.0. The Morgan fingerprint density at radius 3 is 2.55 bits per heavy atom. The lowest BCUT2D eigenvalue weighted by molar-refractivity contribution is -0.116. The molecule has 0 amide bonds. The quantitative estimate of drug-likeness (QED) is 0.593. The lowest BCUT2D eigenvalue weighted by Crippen LogP contribution is -2.26. The molecule has 3 aromatic rings. The first kappa shape index (κ1) is 18.1. The Labute approximate surface area is 180 Å². The summed E-state index contributed by atoms with van der Waals surface area (Å²) in [5, 5.41) is 3.51. The highest BCUT2D eigenvalue weighted by atomic mass is 16.7. The molecular formula is C26H21NO4. The minimum absolute atomic E-state index is 0.173. The van der Waals surface area contributed by atoms with Crippen molar-refractivity contribution in [2.75, 3.05) is 12.1 Å². The summed E-state index contributed by atoms with van der Waals surface area (Å²) in [5.41, 5.74) is 4.89. The van der Waals surface area contributed by atoms with Crippen molar-refractivity contribution in [2.24, 2.45) is 0 Å². The number of hydrogen-bond acceptors (Lipinski definition) is 5. The number of hydrogen-bond donors (Lipinski definition) is 1. The van der Waals surface area contributed by atoms with Gasteiger partial charge in [0.1, 0.15) is 11.5 Å². The predicted molar refractivity (Wildman–Crippen MR) is 117 cm³/mol. The van der Waals surface area contributed by atoms with Crippen LogP contribution in [0.4, 0.5) is 5.69 Å². The molecule has 1 atom stereocenters. The van der Waals surface area contributed by atoms with Gasteiger partial charge in [-0.2, -0.15) is 0 Å². The van der Waals surface area contributed by atoms with Crippen LogP contribution in [0.25, 0.3) is 0 Å². The number of fused-ring (bicyclic) bond motifs is 2. The van der Waals surface area contributed by atoms with Crippen LogP contribution in [-0.4, -0.2) is 12.6 Å². The molecular weight excluding hydrogens is 390 g/mol. The van der Waals surface area contributed by atoms with Crippen LogP contribution < -0.4 is 19.5 Å². The fourth-order valence-electron chi connectivity index (χ4n) is 4.68. The summed E-state index contributed by atoms with van der Waals surface area (Å²) in [6.45, 7) is 0.218. The second-order valence-electron chi connectivity index (χ2n) is 8.01. The molecule has 5 nitrogen and oxygen atoms in total. The first-order chi connectivity index (χ1) is 15.3. The molecule has 154 valence electrons. The van der Waals surface area contributed by atoms with E-state index in [1.54, 1.807) is 0 Å². The number of Topliss-reactive ketones (excluding diaryl/α,β-unsaturated/α-hetero) is 1. The first-order valence-corrected chi connectivity index (χ1v) is 10.6. The number of allylic oxidation sites excluding steroid dienone is 2. The largest absolute Gasteiger partial charge is 0.457 e. The highest BCUT2D eigenvalue weighted by Crippen LogP contribution is 2.49. The van der Waals surface area contributed by atoms with Crippen molar-refractivity contribution >= 4 is 11.5 Å². The van der Waals surface area contributed by atoms with Crippen LogP contribution in [0.15, 0.2) is 78.0 Å². The van der Waals surface area contributed by atoms with E-state index in [2.05, 4.69) is 11.4 Å². The fraction of sp³-hybridized carbons (Fsp3) is 0.192. The smallest absolute Gasteiger partial charge is 0.231 e. The molecule has 2 heterocycles. The normalized spacial score (nSPS) is 18.8. The van der Waals surface area contributed by atoms with Crippen molar-refractivity contribution in [1.29, 1.82) is 0 Å². The molecule has 31 heavy (non-hydrogen) atoms. The zero-order chi connectivity index (χ0) is 20.8. The minimum Gasteiger partial charge on any atom is -0.457 e. The molecule has 1 aliphatic carbocycles. The van der Waals surface area contributed by atoms with Gasteiger partial charge >= 0.3 is 0 Å². The monoisotopic (exact) mass is 411 g/mol. The highest BCUT2D eigenvalue weighted by Gasteiger charge is 2.36. The summed E-state index contributed by atoms with van der Waals surface area (Å²) in [6.07, 6.45) is 2.32. The summed E-state index contributed by atoms with van der Waals surface area (Å²) in [6, 6.07) is 21.7. The van der Waals surface area contributed by atoms with E-state index in [9.17, 15) is 4.79 Å². The Kier molecular flexibility index (Phi) is 4.20. The van der Waals surface area contributed by atoms with E-state index in [-0.39, 0.29) is 18.5 Å². The number of benzene rings is 3. The fourth-order valence-corrected chi connectivity index (χ4v) is 4.68. The van der Waals surface area contributed by atoms with Gasteiger partial charge in [0.15, 0.2) is 17.3 Å². The van der Waals surface area contributed by atoms with Crippen molar-refractivity contribution in [3.8, 4) is 23.0 Å². The van der Waals surface area contributed by atoms with Crippen LogP contribution >= 0.6 is 0 Å². The average Bonchev–Trinajstić information content (AvgIpc) is 3.24. The maximum Gasteiger partial charge on any atom is 0.231 e. The molecule has 3 aliphatic rings. The standard InChI is InChI=1S/C26H21NO4/c28-22-11-5-10-20-26(22)25(19-13-23-24(30-15-29-23)14-21(19)27-20)16-6-4-9-18(12-16)31-17-7-2-1-3-8-17/h1-4,6-9,12-14,25,27H,5,10-11,15H2/t25-/m0/s1. The molecule has 0 aromatic heterocycles. The van der Waals surface area contributed by atoms with Gasteiger partial charge in [-0.3, -0.25) is 4.79 Å². The summed E-state index contributed by atoms with van der Waals surface area (Å²) in [5.74, 6) is 3.01. The Hall–Kier alpha value is -3.73. The molecule has 3 aromatic carbocycles. The molecule has 0 unspecified atom stereocenters. The third kappa shape index (κ3) is 3.13. The van der Waals surface area contributed by atoms with E-state index < -0.39 is 0 Å². The van der Waals surface area contributed by atoms with Crippen molar-refractivity contribution in [2.45, 2.75) is 25.2 Å². The van der Waals surface area contributed by atoms with Crippen LogP contribution in [0.2, 0.25) is 0 Å². The number of nitrogens with one attached hydrogen (secondary N) is 1. The summed E-state index contributed by atoms with van der Waals surface area (Å²) < 4.78 is 17.3. The summed E-state index contributed by atoms with van der Waals surface area (Å²) in [4.78, 5) is 13.0.